The Labute approximate surface area is 180 Å². The van der Waals surface area contributed by atoms with Crippen molar-refractivity contribution in [1.82, 2.24) is 10.2 Å². The molecule has 0 radical (unpaired) electrons. The van der Waals surface area contributed by atoms with E-state index in [4.69, 9.17) is 0 Å². The normalized spacial score (nSPS) is 14.5. The van der Waals surface area contributed by atoms with Crippen LogP contribution in [0.25, 0.3) is 0 Å². The molecule has 5 nitrogen and oxygen atoms in total. The smallest absolute Gasteiger partial charge is 0.242 e. The molecule has 0 saturated carbocycles. The number of nitrogens with one attached hydrogen (secondary N) is 1. The number of amides is 2. The van der Waals surface area contributed by atoms with Gasteiger partial charge in [0.05, 0.1) is 6.54 Å². The SMILES string of the molecule is CC(C)(C)c1ccc(CCC(=O)NCC(=O)N2CCN(c3ccccc3)CC2)cc1. The topological polar surface area (TPSA) is 52.7 Å². The summed E-state index contributed by atoms with van der Waals surface area (Å²) >= 11 is 0. The predicted molar refractivity (Wildman–Crippen MR) is 122 cm³/mol. The summed E-state index contributed by atoms with van der Waals surface area (Å²) in [6, 6.07) is 18.7. The number of hydrogen-bond acceptors (Lipinski definition) is 3. The fraction of sp³-hybridized carbons (Fsp3) is 0.440. The quantitative estimate of drug-likeness (QED) is 0.799. The Morgan fingerprint density at radius 3 is 2.13 bits per heavy atom. The first kappa shape index (κ1) is 21.9. The summed E-state index contributed by atoms with van der Waals surface area (Å²) in [5.74, 6) is -0.0863. The molecule has 1 saturated heterocycles. The highest BCUT2D eigenvalue weighted by Crippen LogP contribution is 2.22. The molecule has 0 spiro atoms. The number of carbonyl (C=O) groups excluding carboxylic acids is 2. The fourth-order valence-corrected chi connectivity index (χ4v) is 3.66. The van der Waals surface area contributed by atoms with Gasteiger partial charge >= 0.3 is 0 Å². The van der Waals surface area contributed by atoms with Gasteiger partial charge in [0.1, 0.15) is 0 Å². The van der Waals surface area contributed by atoms with E-state index in [9.17, 15) is 9.59 Å². The average Bonchev–Trinajstić information content (AvgIpc) is 2.76. The van der Waals surface area contributed by atoms with Gasteiger partial charge in [-0.25, -0.2) is 0 Å². The van der Waals surface area contributed by atoms with Crippen LogP contribution in [0.4, 0.5) is 5.69 Å². The second-order valence-electron chi connectivity index (χ2n) is 8.93. The van der Waals surface area contributed by atoms with Crippen LogP contribution in [0.5, 0.6) is 0 Å². The standard InChI is InChI=1S/C25H33N3O2/c1-25(2,3)21-12-9-20(10-13-21)11-14-23(29)26-19-24(30)28-17-15-27(16-18-28)22-7-5-4-6-8-22/h4-10,12-13H,11,14-19H2,1-3H3,(H,26,29). The van der Waals surface area contributed by atoms with Crippen molar-refractivity contribution >= 4 is 17.5 Å². The molecule has 0 aliphatic carbocycles. The molecule has 1 N–H and O–H groups in total. The molecule has 30 heavy (non-hydrogen) atoms. The number of nitrogens with zero attached hydrogens (tertiary/aromatic N) is 2. The summed E-state index contributed by atoms with van der Waals surface area (Å²) < 4.78 is 0. The molecular formula is C25H33N3O2. The lowest BCUT2D eigenvalue weighted by atomic mass is 9.86. The molecule has 1 aliphatic rings. The maximum Gasteiger partial charge on any atom is 0.242 e. The van der Waals surface area contributed by atoms with Crippen molar-refractivity contribution in [3.63, 3.8) is 0 Å². The van der Waals surface area contributed by atoms with Gasteiger partial charge in [-0.05, 0) is 35.1 Å². The molecule has 160 valence electrons. The van der Waals surface area contributed by atoms with Gasteiger partial charge in [0.25, 0.3) is 0 Å². The van der Waals surface area contributed by atoms with Crippen LogP contribution < -0.4 is 10.2 Å². The molecule has 5 heteroatoms. The first-order valence-corrected chi connectivity index (χ1v) is 10.8. The van der Waals surface area contributed by atoms with Gasteiger partial charge in [-0.3, -0.25) is 9.59 Å². The number of rotatable bonds is 6. The summed E-state index contributed by atoms with van der Waals surface area (Å²) in [6.45, 7) is 9.64. The maximum absolute atomic E-state index is 12.4. The molecule has 0 bridgehead atoms. The number of benzene rings is 2. The molecule has 0 aromatic heterocycles. The van der Waals surface area contributed by atoms with E-state index in [2.05, 4.69) is 67.4 Å². The fourth-order valence-electron chi connectivity index (χ4n) is 3.66. The number of piperazine rings is 1. The van der Waals surface area contributed by atoms with Crippen LogP contribution in [0.15, 0.2) is 54.6 Å². The van der Waals surface area contributed by atoms with E-state index in [1.165, 1.54) is 11.3 Å². The van der Waals surface area contributed by atoms with Gasteiger partial charge in [-0.2, -0.15) is 0 Å². The van der Waals surface area contributed by atoms with Gasteiger partial charge in [0.2, 0.25) is 11.8 Å². The zero-order valence-electron chi connectivity index (χ0n) is 18.4. The third-order valence-electron chi connectivity index (χ3n) is 5.65. The van der Waals surface area contributed by atoms with Gasteiger partial charge in [0, 0.05) is 38.3 Å². The molecule has 2 aromatic rings. The van der Waals surface area contributed by atoms with Crippen molar-refractivity contribution in [2.45, 2.75) is 39.0 Å². The lowest BCUT2D eigenvalue weighted by Gasteiger charge is -2.36. The van der Waals surface area contributed by atoms with E-state index < -0.39 is 0 Å². The van der Waals surface area contributed by atoms with Crippen molar-refractivity contribution < 1.29 is 9.59 Å². The monoisotopic (exact) mass is 407 g/mol. The highest BCUT2D eigenvalue weighted by atomic mass is 16.2. The second kappa shape index (κ2) is 9.79. The van der Waals surface area contributed by atoms with Gasteiger partial charge < -0.3 is 15.1 Å². The van der Waals surface area contributed by atoms with Gasteiger partial charge in [-0.15, -0.1) is 0 Å². The van der Waals surface area contributed by atoms with Crippen molar-refractivity contribution in [2.75, 3.05) is 37.6 Å². The third kappa shape index (κ3) is 6.09. The molecule has 1 aliphatic heterocycles. The van der Waals surface area contributed by atoms with E-state index in [1.807, 2.05) is 23.1 Å². The lowest BCUT2D eigenvalue weighted by Crippen LogP contribution is -2.51. The Bertz CT molecular complexity index is 833. The Kier molecular flexibility index (Phi) is 7.14. The lowest BCUT2D eigenvalue weighted by molar-refractivity contribution is -0.133. The molecule has 0 unspecified atom stereocenters. The Morgan fingerprint density at radius 2 is 1.53 bits per heavy atom. The van der Waals surface area contributed by atoms with E-state index in [1.54, 1.807) is 0 Å². The summed E-state index contributed by atoms with van der Waals surface area (Å²) in [6.07, 6.45) is 1.07. The molecule has 2 amide bonds. The zero-order chi connectivity index (χ0) is 21.6. The maximum atomic E-state index is 12.4. The molecule has 2 aromatic carbocycles. The molecular weight excluding hydrogens is 374 g/mol. The van der Waals surface area contributed by atoms with Gasteiger partial charge in [-0.1, -0.05) is 63.2 Å². The number of para-hydroxylation sites is 1. The minimum atomic E-state index is -0.0776. The predicted octanol–water partition coefficient (Wildman–Crippen LogP) is 3.38. The third-order valence-corrected chi connectivity index (χ3v) is 5.65. The summed E-state index contributed by atoms with van der Waals surface area (Å²) in [5.41, 5.74) is 3.74. The van der Waals surface area contributed by atoms with Crippen LogP contribution in [-0.2, 0) is 21.4 Å². The summed E-state index contributed by atoms with van der Waals surface area (Å²) in [4.78, 5) is 28.7. The van der Waals surface area contributed by atoms with Crippen LogP contribution in [-0.4, -0.2) is 49.4 Å². The van der Waals surface area contributed by atoms with E-state index in [-0.39, 0.29) is 23.8 Å². The zero-order valence-corrected chi connectivity index (χ0v) is 18.4. The van der Waals surface area contributed by atoms with Gasteiger partial charge in [0.15, 0.2) is 0 Å². The molecule has 0 atom stereocenters. The number of aryl methyl sites for hydroxylation is 1. The van der Waals surface area contributed by atoms with Crippen molar-refractivity contribution in [3.05, 3.63) is 65.7 Å². The van der Waals surface area contributed by atoms with Crippen molar-refractivity contribution in [2.24, 2.45) is 0 Å². The summed E-state index contributed by atoms with van der Waals surface area (Å²) in [7, 11) is 0. The van der Waals surface area contributed by atoms with Crippen molar-refractivity contribution in [1.29, 1.82) is 0 Å². The van der Waals surface area contributed by atoms with Crippen LogP contribution in [0.2, 0.25) is 0 Å². The Balaban J connectivity index is 1.37. The minimum Gasteiger partial charge on any atom is -0.368 e. The van der Waals surface area contributed by atoms with E-state index >= 15 is 0 Å². The minimum absolute atomic E-state index is 0.00871. The van der Waals surface area contributed by atoms with Crippen LogP contribution in [0.3, 0.4) is 0 Å². The Morgan fingerprint density at radius 1 is 0.900 bits per heavy atom. The molecule has 1 fully saturated rings. The first-order chi connectivity index (χ1) is 14.3. The number of hydrogen-bond donors (Lipinski definition) is 1. The molecule has 3 rings (SSSR count). The Hall–Kier alpha value is -2.82. The second-order valence-corrected chi connectivity index (χ2v) is 8.93. The van der Waals surface area contributed by atoms with E-state index in [0.717, 1.165) is 18.7 Å². The van der Waals surface area contributed by atoms with E-state index in [0.29, 0.717) is 25.9 Å². The van der Waals surface area contributed by atoms with Crippen LogP contribution in [0.1, 0.15) is 38.3 Å². The summed E-state index contributed by atoms with van der Waals surface area (Å²) in [5, 5.41) is 2.78. The van der Waals surface area contributed by atoms with Crippen LogP contribution >= 0.6 is 0 Å². The average molecular weight is 408 g/mol. The largest absolute Gasteiger partial charge is 0.368 e. The highest BCUT2D eigenvalue weighted by Gasteiger charge is 2.21. The molecule has 1 heterocycles. The number of carbonyl (C=O) groups is 2. The number of anilines is 1. The van der Waals surface area contributed by atoms with Crippen molar-refractivity contribution in [3.8, 4) is 0 Å². The van der Waals surface area contributed by atoms with Crippen LogP contribution in [0, 0.1) is 0 Å². The first-order valence-electron chi connectivity index (χ1n) is 10.8. The highest BCUT2D eigenvalue weighted by molar-refractivity contribution is 5.85.